The molecule has 0 fully saturated rings. The number of phosphoric acid groups is 1. The van der Waals surface area contributed by atoms with E-state index in [1.807, 2.05) is 0 Å². The van der Waals surface area contributed by atoms with Crippen LogP contribution in [0.1, 0.15) is 6.92 Å². The van der Waals surface area contributed by atoms with Crippen LogP contribution in [0.4, 0.5) is 0 Å². The van der Waals surface area contributed by atoms with Crippen molar-refractivity contribution in [3.63, 3.8) is 0 Å². The van der Waals surface area contributed by atoms with Crippen molar-refractivity contribution >= 4 is 25.3 Å². The molecular weight excluding hydrogens is 257 g/mol. The number of hydrogen-bond acceptors (Lipinski definition) is 5. The van der Waals surface area contributed by atoms with Crippen molar-refractivity contribution in [1.29, 1.82) is 0 Å². The number of allylic oxidation sites excluding steroid dienone is 1. The van der Waals surface area contributed by atoms with Crippen LogP contribution in [0.2, 0.25) is 0 Å². The summed E-state index contributed by atoms with van der Waals surface area (Å²) >= 11 is 5.68. The van der Waals surface area contributed by atoms with Gasteiger partial charge in [-0.3, -0.25) is 13.8 Å². The molecule has 0 rings (SSSR count). The lowest BCUT2D eigenvalue weighted by Crippen LogP contribution is -2.25. The summed E-state index contributed by atoms with van der Waals surface area (Å²) in [4.78, 5) is 12.9. The highest BCUT2D eigenvalue weighted by molar-refractivity contribution is 7.48. The second kappa shape index (κ2) is 6.25. The Hall–Kier alpha value is -0.550. The van der Waals surface area contributed by atoms with Gasteiger partial charge in [-0.05, 0) is 6.92 Å². The van der Waals surface area contributed by atoms with E-state index in [1.54, 1.807) is 0 Å². The molecule has 94 valence electrons. The van der Waals surface area contributed by atoms with Gasteiger partial charge in [0.15, 0.2) is 0 Å². The summed E-state index contributed by atoms with van der Waals surface area (Å²) in [6.07, 6.45) is 0. The normalized spacial score (nSPS) is 13.1. The molecule has 16 heavy (non-hydrogen) atoms. The van der Waals surface area contributed by atoms with Crippen molar-refractivity contribution in [2.24, 2.45) is 0 Å². The Morgan fingerprint density at radius 2 is 1.69 bits per heavy atom. The molecule has 0 aromatic carbocycles. The predicted octanol–water partition coefficient (Wildman–Crippen LogP) is 1.96. The molecule has 0 atom stereocenters. The first-order chi connectivity index (χ1) is 7.27. The molecule has 0 aromatic rings. The van der Waals surface area contributed by atoms with Crippen LogP contribution < -0.4 is 0 Å². The lowest BCUT2D eigenvalue weighted by molar-refractivity contribution is -0.127. The first-order valence-corrected chi connectivity index (χ1v) is 6.10. The minimum Gasteiger partial charge on any atom is -0.397 e. The van der Waals surface area contributed by atoms with Crippen LogP contribution in [0, 0.1) is 0 Å². The zero-order valence-corrected chi connectivity index (χ0v) is 11.5. The minimum absolute atomic E-state index is 0.0630. The second-order valence-electron chi connectivity index (χ2n) is 2.97. The average molecular weight is 272 g/mol. The first kappa shape index (κ1) is 15.4. The van der Waals surface area contributed by atoms with E-state index in [-0.39, 0.29) is 10.8 Å². The van der Waals surface area contributed by atoms with E-state index in [9.17, 15) is 9.36 Å². The molecule has 0 unspecified atom stereocenters. The molecule has 0 aliphatic rings. The van der Waals surface area contributed by atoms with E-state index in [0.717, 1.165) is 14.2 Å². The molecule has 0 aliphatic carbocycles. The van der Waals surface area contributed by atoms with Gasteiger partial charge in [0, 0.05) is 28.3 Å². The summed E-state index contributed by atoms with van der Waals surface area (Å²) in [7, 11) is 1.53. The highest BCUT2D eigenvalue weighted by atomic mass is 35.5. The van der Waals surface area contributed by atoms with E-state index < -0.39 is 13.7 Å². The summed E-state index contributed by atoms with van der Waals surface area (Å²) in [5.74, 6) is -0.791. The third-order valence-electron chi connectivity index (χ3n) is 1.56. The third kappa shape index (κ3) is 4.14. The predicted molar refractivity (Wildman–Crippen MR) is 60.0 cm³/mol. The van der Waals surface area contributed by atoms with Crippen molar-refractivity contribution in [3.8, 4) is 0 Å². The van der Waals surface area contributed by atoms with Gasteiger partial charge < -0.3 is 9.42 Å². The SMILES string of the molecule is COP(=O)(OC)OC(C(=O)N(C)C)=C(C)Cl. The van der Waals surface area contributed by atoms with Gasteiger partial charge in [0.05, 0.1) is 5.03 Å². The lowest BCUT2D eigenvalue weighted by atomic mass is 10.4. The van der Waals surface area contributed by atoms with Gasteiger partial charge in [-0.2, -0.15) is 0 Å². The van der Waals surface area contributed by atoms with Gasteiger partial charge in [-0.25, -0.2) is 4.57 Å². The van der Waals surface area contributed by atoms with Crippen LogP contribution in [0.15, 0.2) is 10.8 Å². The van der Waals surface area contributed by atoms with Gasteiger partial charge in [-0.15, -0.1) is 0 Å². The van der Waals surface area contributed by atoms with Crippen LogP contribution in [0.25, 0.3) is 0 Å². The van der Waals surface area contributed by atoms with Gasteiger partial charge in [-0.1, -0.05) is 11.6 Å². The second-order valence-corrected chi connectivity index (χ2v) is 5.34. The largest absolute Gasteiger partial charge is 0.529 e. The molecule has 6 nitrogen and oxygen atoms in total. The maximum Gasteiger partial charge on any atom is 0.529 e. The highest BCUT2D eigenvalue weighted by Crippen LogP contribution is 2.50. The molecule has 0 spiro atoms. The number of amides is 1. The van der Waals surface area contributed by atoms with Crippen LogP contribution in [0.3, 0.4) is 0 Å². The number of hydrogen-bond donors (Lipinski definition) is 0. The number of halogens is 1. The quantitative estimate of drug-likeness (QED) is 0.434. The molecule has 0 bridgehead atoms. The Kier molecular flexibility index (Phi) is 6.04. The maximum atomic E-state index is 11.7. The Bertz CT molecular complexity index is 329. The van der Waals surface area contributed by atoms with Gasteiger partial charge in [0.25, 0.3) is 5.91 Å². The first-order valence-electron chi connectivity index (χ1n) is 4.26. The summed E-state index contributed by atoms with van der Waals surface area (Å²) in [6, 6.07) is 0. The number of nitrogens with zero attached hydrogens (tertiary/aromatic N) is 1. The Morgan fingerprint density at radius 3 is 1.94 bits per heavy atom. The molecule has 0 N–H and O–H groups in total. The molecule has 1 amide bonds. The minimum atomic E-state index is -3.77. The molecule has 0 saturated heterocycles. The van der Waals surface area contributed by atoms with E-state index in [4.69, 9.17) is 16.1 Å². The van der Waals surface area contributed by atoms with Crippen molar-refractivity contribution in [3.05, 3.63) is 10.8 Å². The van der Waals surface area contributed by atoms with E-state index >= 15 is 0 Å². The average Bonchev–Trinajstić information content (AvgIpc) is 2.24. The van der Waals surface area contributed by atoms with Crippen LogP contribution in [0.5, 0.6) is 0 Å². The number of likely N-dealkylation sites (N-methyl/N-ethyl adjacent to an activating group) is 1. The molecule has 0 aliphatic heterocycles. The van der Waals surface area contributed by atoms with E-state index in [0.29, 0.717) is 0 Å². The van der Waals surface area contributed by atoms with Crippen LogP contribution in [-0.4, -0.2) is 39.1 Å². The van der Waals surface area contributed by atoms with E-state index in [1.165, 1.54) is 25.9 Å². The summed E-state index contributed by atoms with van der Waals surface area (Å²) < 4.78 is 25.6. The molecule has 0 aromatic heterocycles. The topological polar surface area (TPSA) is 65.1 Å². The van der Waals surface area contributed by atoms with Gasteiger partial charge in [0.1, 0.15) is 0 Å². The monoisotopic (exact) mass is 271 g/mol. The standard InChI is InChI=1S/C8H15ClNO5P/c1-6(9)7(8(11)10(2)3)15-16(12,13-4)14-5/h1-5H3. The Labute approximate surface area is 99.7 Å². The molecule has 8 heteroatoms. The molecular formula is C8H15ClNO5P. The van der Waals surface area contributed by atoms with Crippen molar-refractivity contribution in [1.82, 2.24) is 4.90 Å². The number of phosphoric ester groups is 1. The van der Waals surface area contributed by atoms with Gasteiger partial charge >= 0.3 is 7.82 Å². The fraction of sp³-hybridized carbons (Fsp3) is 0.625. The van der Waals surface area contributed by atoms with Crippen LogP contribution in [-0.2, 0) is 22.9 Å². The highest BCUT2D eigenvalue weighted by Gasteiger charge is 2.30. The Balaban J connectivity index is 5.09. The fourth-order valence-corrected chi connectivity index (χ4v) is 1.62. The Morgan fingerprint density at radius 1 is 1.25 bits per heavy atom. The van der Waals surface area contributed by atoms with Crippen molar-refractivity contribution < 1.29 is 22.9 Å². The lowest BCUT2D eigenvalue weighted by Gasteiger charge is -2.19. The summed E-state index contributed by atoms with van der Waals surface area (Å²) in [5.41, 5.74) is 0. The van der Waals surface area contributed by atoms with E-state index in [2.05, 4.69) is 9.05 Å². The number of rotatable bonds is 5. The van der Waals surface area contributed by atoms with Crippen molar-refractivity contribution in [2.45, 2.75) is 6.92 Å². The smallest absolute Gasteiger partial charge is 0.397 e. The van der Waals surface area contributed by atoms with Crippen LogP contribution >= 0.6 is 19.4 Å². The molecule has 0 saturated carbocycles. The molecule has 0 radical (unpaired) electrons. The third-order valence-corrected chi connectivity index (χ3v) is 3.04. The fourth-order valence-electron chi connectivity index (χ4n) is 0.713. The maximum absolute atomic E-state index is 11.7. The number of carbonyl (C=O) groups is 1. The zero-order chi connectivity index (χ0) is 12.9. The summed E-state index contributed by atoms with van der Waals surface area (Å²) in [6.45, 7) is 1.44. The van der Waals surface area contributed by atoms with Crippen molar-refractivity contribution in [2.75, 3.05) is 28.3 Å². The number of carbonyl (C=O) groups excluding carboxylic acids is 1. The summed E-state index contributed by atoms with van der Waals surface area (Å²) in [5, 5.41) is 0.0630. The zero-order valence-electron chi connectivity index (χ0n) is 9.81. The van der Waals surface area contributed by atoms with Gasteiger partial charge in [0.2, 0.25) is 5.76 Å². The molecule has 0 heterocycles.